The Bertz CT molecular complexity index is 460. The van der Waals surface area contributed by atoms with Gasteiger partial charge in [-0.25, -0.2) is 0 Å². The summed E-state index contributed by atoms with van der Waals surface area (Å²) in [5.74, 6) is 0. The molecule has 6 nitrogen and oxygen atoms in total. The van der Waals surface area contributed by atoms with Crippen LogP contribution >= 0.6 is 15.9 Å². The van der Waals surface area contributed by atoms with E-state index in [-0.39, 0.29) is 17.6 Å². The Morgan fingerprint density at radius 1 is 1.53 bits per heavy atom. The highest BCUT2D eigenvalue weighted by molar-refractivity contribution is 9.10. The van der Waals surface area contributed by atoms with Crippen molar-refractivity contribution >= 4 is 27.3 Å². The van der Waals surface area contributed by atoms with Crippen molar-refractivity contribution in [1.29, 1.82) is 0 Å². The van der Waals surface area contributed by atoms with Crippen LogP contribution in [0.25, 0.3) is 0 Å². The number of nitrogens with zero attached hydrogens (tertiary/aromatic N) is 2. The van der Waals surface area contributed by atoms with Crippen molar-refractivity contribution < 1.29 is 10.0 Å². The van der Waals surface area contributed by atoms with Gasteiger partial charge in [0.25, 0.3) is 0 Å². The van der Waals surface area contributed by atoms with Crippen LogP contribution in [0.4, 0.5) is 11.4 Å². The molecule has 0 aromatic carbocycles. The number of halogens is 1. The van der Waals surface area contributed by atoms with E-state index in [1.54, 1.807) is 0 Å². The smallest absolute Gasteiger partial charge is 0.311 e. The van der Waals surface area contributed by atoms with E-state index in [2.05, 4.69) is 26.2 Å². The molecule has 19 heavy (non-hydrogen) atoms. The van der Waals surface area contributed by atoms with E-state index >= 15 is 0 Å². The third kappa shape index (κ3) is 5.12. The van der Waals surface area contributed by atoms with Gasteiger partial charge in [-0.15, -0.1) is 0 Å². The monoisotopic (exact) mass is 331 g/mol. The number of nitrogens with one attached hydrogen (secondary N) is 1. The first-order valence-corrected chi connectivity index (χ1v) is 6.70. The highest BCUT2D eigenvalue weighted by Gasteiger charge is 2.20. The minimum Gasteiger partial charge on any atom is -0.391 e. The molecule has 1 rings (SSSR count). The molecule has 1 aromatic heterocycles. The number of aliphatic hydroxyl groups excluding tert-OH is 1. The minimum atomic E-state index is -0.570. The summed E-state index contributed by atoms with van der Waals surface area (Å²) in [5, 5.41) is 23.7. The van der Waals surface area contributed by atoms with Gasteiger partial charge >= 0.3 is 5.69 Å². The van der Waals surface area contributed by atoms with Crippen LogP contribution in [0.15, 0.2) is 16.9 Å². The second kappa shape index (κ2) is 6.29. The van der Waals surface area contributed by atoms with Gasteiger partial charge in [0.2, 0.25) is 0 Å². The Morgan fingerprint density at radius 3 is 2.68 bits per heavy atom. The molecule has 106 valence electrons. The number of nitro groups is 1. The molecule has 0 amide bonds. The Balaban J connectivity index is 2.75. The van der Waals surface area contributed by atoms with E-state index in [4.69, 9.17) is 0 Å². The number of rotatable bonds is 5. The molecule has 1 atom stereocenters. The maximum absolute atomic E-state index is 10.9. The summed E-state index contributed by atoms with van der Waals surface area (Å²) in [4.78, 5) is 14.1. The van der Waals surface area contributed by atoms with Gasteiger partial charge in [-0.05, 0) is 27.8 Å². The Labute approximate surface area is 120 Å². The SMILES string of the molecule is CC(C)(C)CC(O)CNc1c(Br)cncc1[N+](=O)[O-]. The van der Waals surface area contributed by atoms with Gasteiger partial charge in [0, 0.05) is 12.7 Å². The van der Waals surface area contributed by atoms with Gasteiger partial charge in [-0.3, -0.25) is 15.1 Å². The van der Waals surface area contributed by atoms with Crippen LogP contribution in [0.1, 0.15) is 27.2 Å². The van der Waals surface area contributed by atoms with Crippen molar-refractivity contribution in [3.8, 4) is 0 Å². The number of aromatic nitrogens is 1. The Kier molecular flexibility index (Phi) is 5.25. The van der Waals surface area contributed by atoms with E-state index in [0.717, 1.165) is 0 Å². The molecule has 7 heteroatoms. The van der Waals surface area contributed by atoms with Crippen LogP contribution in [0.5, 0.6) is 0 Å². The quantitative estimate of drug-likeness (QED) is 0.639. The van der Waals surface area contributed by atoms with E-state index in [9.17, 15) is 15.2 Å². The van der Waals surface area contributed by atoms with Crippen LogP contribution in [0.3, 0.4) is 0 Å². The predicted octanol–water partition coefficient (Wildman–Crippen LogP) is 2.96. The summed E-state index contributed by atoms with van der Waals surface area (Å²) >= 11 is 3.22. The third-order valence-electron chi connectivity index (χ3n) is 2.44. The molecule has 1 aromatic rings. The van der Waals surface area contributed by atoms with E-state index in [1.807, 2.05) is 20.8 Å². The zero-order valence-electron chi connectivity index (χ0n) is 11.2. The molecular formula is C12H18BrN3O3. The maximum Gasteiger partial charge on any atom is 0.311 e. The van der Waals surface area contributed by atoms with Crippen LogP contribution in [0.2, 0.25) is 0 Å². The number of hydrogen-bond acceptors (Lipinski definition) is 5. The average Bonchev–Trinajstić information content (AvgIpc) is 2.24. The number of pyridine rings is 1. The highest BCUT2D eigenvalue weighted by Crippen LogP contribution is 2.31. The van der Waals surface area contributed by atoms with Crippen LogP contribution in [-0.4, -0.2) is 27.7 Å². The third-order valence-corrected chi connectivity index (χ3v) is 3.04. The average molecular weight is 332 g/mol. The lowest BCUT2D eigenvalue weighted by Crippen LogP contribution is -2.25. The first-order chi connectivity index (χ1) is 8.70. The fourth-order valence-electron chi connectivity index (χ4n) is 1.74. The summed E-state index contributed by atoms with van der Waals surface area (Å²) in [6, 6.07) is 0. The lowest BCUT2D eigenvalue weighted by Gasteiger charge is -2.22. The number of hydrogen-bond donors (Lipinski definition) is 2. The van der Waals surface area contributed by atoms with Gasteiger partial charge in [0.05, 0.1) is 15.5 Å². The zero-order chi connectivity index (χ0) is 14.6. The fraction of sp³-hybridized carbons (Fsp3) is 0.583. The summed E-state index contributed by atoms with van der Waals surface area (Å²) in [6.45, 7) is 6.34. The Hall–Kier alpha value is -1.21. The molecule has 0 fully saturated rings. The first-order valence-electron chi connectivity index (χ1n) is 5.90. The molecule has 0 aliphatic carbocycles. The molecule has 0 saturated carbocycles. The van der Waals surface area contributed by atoms with Gasteiger partial charge < -0.3 is 10.4 Å². The van der Waals surface area contributed by atoms with Crippen LogP contribution < -0.4 is 5.32 Å². The molecule has 1 heterocycles. The van der Waals surface area contributed by atoms with E-state index < -0.39 is 11.0 Å². The Morgan fingerprint density at radius 2 is 2.16 bits per heavy atom. The second-order valence-corrected chi connectivity index (χ2v) is 6.43. The molecule has 0 aliphatic heterocycles. The van der Waals surface area contributed by atoms with Crippen molar-refractivity contribution in [3.05, 3.63) is 27.0 Å². The van der Waals surface area contributed by atoms with Crippen molar-refractivity contribution in [2.45, 2.75) is 33.3 Å². The molecular weight excluding hydrogens is 314 g/mol. The summed E-state index contributed by atoms with van der Waals surface area (Å²) < 4.78 is 0.504. The molecule has 0 saturated heterocycles. The van der Waals surface area contributed by atoms with Crippen molar-refractivity contribution in [1.82, 2.24) is 4.98 Å². The normalized spacial score (nSPS) is 13.1. The largest absolute Gasteiger partial charge is 0.391 e. The topological polar surface area (TPSA) is 88.3 Å². The number of anilines is 1. The highest BCUT2D eigenvalue weighted by atomic mass is 79.9. The zero-order valence-corrected chi connectivity index (χ0v) is 12.8. The fourth-order valence-corrected chi connectivity index (χ4v) is 2.20. The summed E-state index contributed by atoms with van der Waals surface area (Å²) in [7, 11) is 0. The second-order valence-electron chi connectivity index (χ2n) is 5.57. The van der Waals surface area contributed by atoms with Gasteiger partial charge in [-0.1, -0.05) is 20.8 Å². The molecule has 0 aliphatic rings. The molecule has 2 N–H and O–H groups in total. The molecule has 0 spiro atoms. The van der Waals surface area contributed by atoms with Gasteiger partial charge in [-0.2, -0.15) is 0 Å². The van der Waals surface area contributed by atoms with Crippen molar-refractivity contribution in [3.63, 3.8) is 0 Å². The lowest BCUT2D eigenvalue weighted by molar-refractivity contribution is -0.384. The van der Waals surface area contributed by atoms with Crippen LogP contribution in [-0.2, 0) is 0 Å². The predicted molar refractivity (Wildman–Crippen MR) is 77.2 cm³/mol. The first kappa shape index (κ1) is 15.8. The summed E-state index contributed by atoms with van der Waals surface area (Å²) in [6.07, 6.45) is 2.70. The van der Waals surface area contributed by atoms with Gasteiger partial charge in [0.15, 0.2) is 0 Å². The minimum absolute atomic E-state index is 0.00249. The number of aliphatic hydroxyl groups is 1. The standard InChI is InChI=1S/C12H18BrN3O3/c1-12(2,3)4-8(17)5-15-11-9(13)6-14-7-10(11)16(18)19/h6-8,17H,4-5H2,1-3H3,(H,14,15). The maximum atomic E-state index is 10.9. The molecule has 1 unspecified atom stereocenters. The lowest BCUT2D eigenvalue weighted by atomic mass is 9.89. The summed E-state index contributed by atoms with van der Waals surface area (Å²) in [5.41, 5.74) is 0.230. The molecule has 0 radical (unpaired) electrons. The van der Waals surface area contributed by atoms with Crippen LogP contribution in [0, 0.1) is 15.5 Å². The van der Waals surface area contributed by atoms with Crippen molar-refractivity contribution in [2.75, 3.05) is 11.9 Å². The van der Waals surface area contributed by atoms with Crippen molar-refractivity contribution in [2.24, 2.45) is 5.41 Å². The van der Waals surface area contributed by atoms with E-state index in [0.29, 0.717) is 16.6 Å². The molecule has 0 bridgehead atoms. The van der Waals surface area contributed by atoms with Gasteiger partial charge in [0.1, 0.15) is 11.9 Å². The van der Waals surface area contributed by atoms with E-state index in [1.165, 1.54) is 12.4 Å².